The van der Waals surface area contributed by atoms with Crippen LogP contribution in [-0.4, -0.2) is 55.0 Å². The van der Waals surface area contributed by atoms with Gasteiger partial charge in [-0.05, 0) is 27.7 Å². The first kappa shape index (κ1) is 14.6. The Labute approximate surface area is 113 Å². The Morgan fingerprint density at radius 2 is 2.11 bits per heavy atom. The van der Waals surface area contributed by atoms with E-state index < -0.39 is 5.72 Å². The Kier molecular flexibility index (Phi) is 4.03. The van der Waals surface area contributed by atoms with Crippen molar-refractivity contribution >= 4 is 6.09 Å². The summed E-state index contributed by atoms with van der Waals surface area (Å²) < 4.78 is 21.4. The Morgan fingerprint density at radius 1 is 1.37 bits per heavy atom. The molecule has 0 radical (unpaired) electrons. The van der Waals surface area contributed by atoms with Crippen molar-refractivity contribution in [1.29, 1.82) is 0 Å². The van der Waals surface area contributed by atoms with Crippen molar-refractivity contribution in [2.45, 2.75) is 51.5 Å². The van der Waals surface area contributed by atoms with Crippen LogP contribution in [0, 0.1) is 0 Å². The summed E-state index contributed by atoms with van der Waals surface area (Å²) in [6, 6.07) is 0. The van der Waals surface area contributed by atoms with Crippen LogP contribution in [0.4, 0.5) is 4.79 Å². The van der Waals surface area contributed by atoms with Crippen LogP contribution in [-0.2, 0) is 18.9 Å². The van der Waals surface area contributed by atoms with Crippen LogP contribution in [0.3, 0.4) is 0 Å². The van der Waals surface area contributed by atoms with Gasteiger partial charge < -0.3 is 18.9 Å². The van der Waals surface area contributed by atoms with Gasteiger partial charge in [-0.3, -0.25) is 4.90 Å². The van der Waals surface area contributed by atoms with E-state index in [9.17, 15) is 4.79 Å². The van der Waals surface area contributed by atoms with Gasteiger partial charge in [0.25, 0.3) is 0 Å². The van der Waals surface area contributed by atoms with Crippen molar-refractivity contribution in [3.05, 3.63) is 0 Å². The van der Waals surface area contributed by atoms with Gasteiger partial charge in [0, 0.05) is 6.42 Å². The van der Waals surface area contributed by atoms with E-state index in [1.807, 2.05) is 27.7 Å². The summed E-state index contributed by atoms with van der Waals surface area (Å²) in [4.78, 5) is 13.9. The summed E-state index contributed by atoms with van der Waals surface area (Å²) in [5.41, 5.74) is -0.985. The molecule has 0 aliphatic carbocycles. The fourth-order valence-electron chi connectivity index (χ4n) is 2.56. The zero-order valence-corrected chi connectivity index (χ0v) is 12.1. The van der Waals surface area contributed by atoms with Crippen LogP contribution >= 0.6 is 0 Å². The first-order chi connectivity index (χ1) is 8.83. The highest BCUT2D eigenvalue weighted by molar-refractivity contribution is 5.69. The van der Waals surface area contributed by atoms with Gasteiger partial charge in [-0.1, -0.05) is 0 Å². The van der Waals surface area contributed by atoms with Crippen molar-refractivity contribution < 1.29 is 23.7 Å². The number of ether oxygens (including phenoxy) is 4. The van der Waals surface area contributed by atoms with Crippen LogP contribution in [0.25, 0.3) is 0 Å². The molecule has 2 heterocycles. The maximum atomic E-state index is 12.2. The molecule has 0 bridgehead atoms. The smallest absolute Gasteiger partial charge is 0.412 e. The topological polar surface area (TPSA) is 57.2 Å². The second-order valence-corrected chi connectivity index (χ2v) is 6.06. The van der Waals surface area contributed by atoms with Gasteiger partial charge in [0.1, 0.15) is 12.5 Å². The molecule has 1 amide bonds. The molecule has 1 unspecified atom stereocenters. The maximum absolute atomic E-state index is 12.2. The van der Waals surface area contributed by atoms with E-state index in [0.29, 0.717) is 33.0 Å². The number of rotatable bonds is 3. The average Bonchev–Trinajstić information content (AvgIpc) is 2.85. The molecule has 0 aromatic rings. The number of carbonyl (C=O) groups is 1. The van der Waals surface area contributed by atoms with E-state index in [2.05, 4.69) is 0 Å². The van der Waals surface area contributed by atoms with Gasteiger partial charge in [0.15, 0.2) is 0 Å². The largest absolute Gasteiger partial charge is 0.449 e. The fourth-order valence-corrected chi connectivity index (χ4v) is 2.56. The first-order valence-electron chi connectivity index (χ1n) is 6.63. The summed E-state index contributed by atoms with van der Waals surface area (Å²) in [6.45, 7) is 9.42. The molecular weight excluding hydrogens is 250 g/mol. The molecule has 0 N–H and O–H groups in total. The molecule has 1 atom stereocenters. The maximum Gasteiger partial charge on any atom is 0.412 e. The molecule has 2 rings (SSSR count). The van der Waals surface area contributed by atoms with Gasteiger partial charge in [-0.2, -0.15) is 0 Å². The first-order valence-corrected chi connectivity index (χ1v) is 6.63. The Morgan fingerprint density at radius 3 is 2.63 bits per heavy atom. The van der Waals surface area contributed by atoms with E-state index in [4.69, 9.17) is 18.9 Å². The molecule has 110 valence electrons. The molecule has 0 aromatic heterocycles. The van der Waals surface area contributed by atoms with Crippen LogP contribution < -0.4 is 0 Å². The molecule has 2 saturated heterocycles. The number of nitrogens with zero attached hydrogens (tertiary/aromatic N) is 1. The van der Waals surface area contributed by atoms with E-state index >= 15 is 0 Å². The Hall–Kier alpha value is -0.850. The minimum absolute atomic E-state index is 0.0312. The van der Waals surface area contributed by atoms with Crippen molar-refractivity contribution in [3.63, 3.8) is 0 Å². The Bertz CT molecular complexity index is 320. The number of amides is 1. The van der Waals surface area contributed by atoms with E-state index in [1.54, 1.807) is 4.90 Å². The highest BCUT2D eigenvalue weighted by Gasteiger charge is 2.49. The van der Waals surface area contributed by atoms with Crippen LogP contribution in [0.5, 0.6) is 0 Å². The van der Waals surface area contributed by atoms with Crippen molar-refractivity contribution in [1.82, 2.24) is 4.90 Å². The highest BCUT2D eigenvalue weighted by atomic mass is 16.7. The SMILES string of the molecule is CC1(C)COC(C)(C)N1C(=O)OCCC1COCO1. The van der Waals surface area contributed by atoms with E-state index in [-0.39, 0.29) is 17.7 Å². The summed E-state index contributed by atoms with van der Waals surface area (Å²) in [6.07, 6.45) is 0.344. The average molecular weight is 273 g/mol. The molecular formula is C13H23NO5. The summed E-state index contributed by atoms with van der Waals surface area (Å²) in [7, 11) is 0. The molecule has 0 saturated carbocycles. The van der Waals surface area contributed by atoms with E-state index in [1.165, 1.54) is 0 Å². The van der Waals surface area contributed by atoms with Crippen molar-refractivity contribution in [3.8, 4) is 0 Å². The van der Waals surface area contributed by atoms with Gasteiger partial charge >= 0.3 is 6.09 Å². The molecule has 0 aromatic carbocycles. The minimum atomic E-state index is -0.631. The van der Waals surface area contributed by atoms with Crippen molar-refractivity contribution in [2.24, 2.45) is 0 Å². The third-order valence-corrected chi connectivity index (χ3v) is 3.46. The van der Waals surface area contributed by atoms with Gasteiger partial charge in [-0.15, -0.1) is 0 Å². The summed E-state index contributed by atoms with van der Waals surface area (Å²) in [5, 5.41) is 0. The Balaban J connectivity index is 1.84. The molecule has 2 aliphatic heterocycles. The van der Waals surface area contributed by atoms with Crippen LogP contribution in [0.1, 0.15) is 34.1 Å². The highest BCUT2D eigenvalue weighted by Crippen LogP contribution is 2.35. The van der Waals surface area contributed by atoms with Gasteiger partial charge in [0.05, 0.1) is 31.5 Å². The lowest BCUT2D eigenvalue weighted by Crippen LogP contribution is -2.53. The van der Waals surface area contributed by atoms with Crippen molar-refractivity contribution in [2.75, 3.05) is 26.6 Å². The van der Waals surface area contributed by atoms with Gasteiger partial charge in [-0.25, -0.2) is 4.79 Å². The molecule has 6 nitrogen and oxygen atoms in total. The quantitative estimate of drug-likeness (QED) is 0.784. The molecule has 2 aliphatic rings. The van der Waals surface area contributed by atoms with E-state index in [0.717, 1.165) is 0 Å². The monoisotopic (exact) mass is 273 g/mol. The summed E-state index contributed by atoms with van der Waals surface area (Å²) >= 11 is 0. The van der Waals surface area contributed by atoms with Crippen LogP contribution in [0.2, 0.25) is 0 Å². The minimum Gasteiger partial charge on any atom is -0.449 e. The molecule has 2 fully saturated rings. The molecule has 19 heavy (non-hydrogen) atoms. The second-order valence-electron chi connectivity index (χ2n) is 6.06. The lowest BCUT2D eigenvalue weighted by atomic mass is 10.0. The lowest BCUT2D eigenvalue weighted by molar-refractivity contribution is -0.0530. The fraction of sp³-hybridized carbons (Fsp3) is 0.923. The third kappa shape index (κ3) is 3.19. The predicted molar refractivity (Wildman–Crippen MR) is 67.6 cm³/mol. The number of hydrogen-bond donors (Lipinski definition) is 0. The zero-order chi connectivity index (χ0) is 14.1. The number of hydrogen-bond acceptors (Lipinski definition) is 5. The lowest BCUT2D eigenvalue weighted by Gasteiger charge is -2.36. The second kappa shape index (κ2) is 5.26. The van der Waals surface area contributed by atoms with Gasteiger partial charge in [0.2, 0.25) is 0 Å². The predicted octanol–water partition coefficient (Wildman–Crippen LogP) is 1.73. The number of carbonyl (C=O) groups excluding carboxylic acids is 1. The third-order valence-electron chi connectivity index (χ3n) is 3.46. The normalized spacial score (nSPS) is 28.6. The zero-order valence-electron chi connectivity index (χ0n) is 12.1. The summed E-state index contributed by atoms with van der Waals surface area (Å²) in [5.74, 6) is 0. The van der Waals surface area contributed by atoms with Crippen LogP contribution in [0.15, 0.2) is 0 Å². The standard InChI is InChI=1S/C13H23NO5/c1-12(2)8-19-13(3,4)14(12)11(15)17-6-5-10-7-16-9-18-10/h10H,5-9H2,1-4H3. The molecule has 6 heteroatoms. The molecule has 0 spiro atoms.